The van der Waals surface area contributed by atoms with Gasteiger partial charge in [-0.1, -0.05) is 0 Å². The molecule has 1 aromatic rings. The van der Waals surface area contributed by atoms with Gasteiger partial charge in [-0.2, -0.15) is 4.98 Å². The van der Waals surface area contributed by atoms with Crippen molar-refractivity contribution in [2.75, 3.05) is 24.8 Å². The number of nitrogens with one attached hydrogen (secondary N) is 2. The molecule has 0 aliphatic heterocycles. The second-order valence-corrected chi connectivity index (χ2v) is 3.93. The molecular weight excluding hydrogens is 254 g/mol. The van der Waals surface area contributed by atoms with E-state index in [2.05, 4.69) is 20.7 Å². The van der Waals surface area contributed by atoms with E-state index in [1.54, 1.807) is 21.0 Å². The maximum absolute atomic E-state index is 11.7. The van der Waals surface area contributed by atoms with Crippen LogP contribution in [0.4, 0.5) is 17.5 Å². The van der Waals surface area contributed by atoms with E-state index >= 15 is 0 Å². The van der Waals surface area contributed by atoms with Crippen molar-refractivity contribution >= 4 is 23.4 Å². The minimum absolute atomic E-state index is 0.0117. The van der Waals surface area contributed by atoms with Crippen molar-refractivity contribution in [1.82, 2.24) is 14.9 Å². The van der Waals surface area contributed by atoms with Crippen LogP contribution in [-0.2, 0) is 4.79 Å². The fourth-order valence-electron chi connectivity index (χ4n) is 1.34. The van der Waals surface area contributed by atoms with E-state index in [9.17, 15) is 14.9 Å². The molecule has 0 aromatic carbocycles. The van der Waals surface area contributed by atoms with E-state index in [0.717, 1.165) is 6.20 Å². The molecule has 0 radical (unpaired) electrons. The number of nitrogens with two attached hydrogens (primary N) is 1. The molecule has 1 aromatic heterocycles. The van der Waals surface area contributed by atoms with Crippen LogP contribution in [0.25, 0.3) is 0 Å². The monoisotopic (exact) mass is 269 g/mol. The van der Waals surface area contributed by atoms with Gasteiger partial charge in [-0.05, 0) is 6.92 Å². The van der Waals surface area contributed by atoms with Crippen LogP contribution in [0.15, 0.2) is 6.20 Å². The minimum atomic E-state index is -0.672. The molecule has 1 atom stereocenters. The number of rotatable bonds is 5. The third kappa shape index (κ3) is 3.48. The maximum atomic E-state index is 11.7. The lowest BCUT2D eigenvalue weighted by Gasteiger charge is -2.18. The molecule has 0 spiro atoms. The Labute approximate surface area is 109 Å². The Morgan fingerprint density at radius 2 is 2.21 bits per heavy atom. The van der Waals surface area contributed by atoms with Crippen molar-refractivity contribution < 1.29 is 9.72 Å². The fourth-order valence-corrected chi connectivity index (χ4v) is 1.34. The Balaban J connectivity index is 3.04. The molecule has 1 amide bonds. The summed E-state index contributed by atoms with van der Waals surface area (Å²) in [5, 5.41) is 13.5. The summed E-state index contributed by atoms with van der Waals surface area (Å²) in [5.41, 5.74) is 1.84. The van der Waals surface area contributed by atoms with Gasteiger partial charge in [-0.25, -0.2) is 10.8 Å². The van der Waals surface area contributed by atoms with Gasteiger partial charge in [-0.15, -0.1) is 0 Å². The van der Waals surface area contributed by atoms with Crippen molar-refractivity contribution in [3.05, 3.63) is 16.3 Å². The van der Waals surface area contributed by atoms with Gasteiger partial charge in [-0.3, -0.25) is 20.3 Å². The summed E-state index contributed by atoms with van der Waals surface area (Å²) in [6.45, 7) is 1.57. The second kappa shape index (κ2) is 5.91. The summed E-state index contributed by atoms with van der Waals surface area (Å²) in [4.78, 5) is 30.7. The largest absolute Gasteiger partial charge is 0.353 e. The Hall–Kier alpha value is -2.49. The zero-order valence-corrected chi connectivity index (χ0v) is 10.7. The van der Waals surface area contributed by atoms with Gasteiger partial charge in [0.1, 0.15) is 12.2 Å². The highest BCUT2D eigenvalue weighted by molar-refractivity contribution is 5.84. The van der Waals surface area contributed by atoms with E-state index < -0.39 is 11.0 Å². The van der Waals surface area contributed by atoms with Gasteiger partial charge in [0.05, 0.1) is 4.92 Å². The highest BCUT2D eigenvalue weighted by Crippen LogP contribution is 2.22. The van der Waals surface area contributed by atoms with Gasteiger partial charge in [0.15, 0.2) is 0 Å². The standard InChI is InChI=1S/C9H15N7O3/c1-5(8(17)15(2)3)12-7-6(16(18)19)4-11-9(13-7)14-10/h4-5H,10H2,1-3H3,(H2,11,12,13,14). The number of nitrogen functional groups attached to an aromatic ring is 1. The van der Waals surface area contributed by atoms with Crippen molar-refractivity contribution in [3.8, 4) is 0 Å². The number of amides is 1. The predicted octanol–water partition coefficient (Wildman–Crippen LogP) is -0.441. The lowest BCUT2D eigenvalue weighted by atomic mass is 10.3. The molecule has 19 heavy (non-hydrogen) atoms. The average Bonchev–Trinajstić information content (AvgIpc) is 2.36. The molecule has 0 aliphatic carbocycles. The Morgan fingerprint density at radius 1 is 1.58 bits per heavy atom. The summed E-state index contributed by atoms with van der Waals surface area (Å²) in [6.07, 6.45) is 1.01. The zero-order valence-electron chi connectivity index (χ0n) is 10.7. The molecule has 4 N–H and O–H groups in total. The van der Waals surface area contributed by atoms with E-state index in [-0.39, 0.29) is 23.4 Å². The quantitative estimate of drug-likeness (QED) is 0.371. The fraction of sp³-hybridized carbons (Fsp3) is 0.444. The number of carbonyl (C=O) groups is 1. The molecule has 0 saturated carbocycles. The molecule has 0 aliphatic rings. The lowest BCUT2D eigenvalue weighted by molar-refractivity contribution is -0.384. The van der Waals surface area contributed by atoms with Gasteiger partial charge in [0.2, 0.25) is 17.7 Å². The predicted molar refractivity (Wildman–Crippen MR) is 68.3 cm³/mol. The molecule has 0 bridgehead atoms. The highest BCUT2D eigenvalue weighted by atomic mass is 16.6. The van der Waals surface area contributed by atoms with E-state index in [4.69, 9.17) is 5.84 Å². The molecule has 1 rings (SSSR count). The van der Waals surface area contributed by atoms with Crippen LogP contribution in [-0.4, -0.2) is 45.8 Å². The molecule has 1 heterocycles. The zero-order chi connectivity index (χ0) is 14.6. The second-order valence-electron chi connectivity index (χ2n) is 3.93. The summed E-state index contributed by atoms with van der Waals surface area (Å²) >= 11 is 0. The Kier molecular flexibility index (Phi) is 4.53. The third-order valence-corrected chi connectivity index (χ3v) is 2.26. The number of hydrogen-bond donors (Lipinski definition) is 3. The Morgan fingerprint density at radius 3 is 2.68 bits per heavy atom. The number of nitro groups is 1. The molecule has 0 saturated heterocycles. The number of hydrazine groups is 1. The summed E-state index contributed by atoms with van der Waals surface area (Å²) in [6, 6.07) is -0.672. The van der Waals surface area contributed by atoms with E-state index in [0.29, 0.717) is 0 Å². The number of aromatic nitrogens is 2. The van der Waals surface area contributed by atoms with Crippen LogP contribution >= 0.6 is 0 Å². The first-order chi connectivity index (χ1) is 8.86. The van der Waals surface area contributed by atoms with Crippen LogP contribution in [0.5, 0.6) is 0 Å². The first kappa shape index (κ1) is 14.6. The lowest BCUT2D eigenvalue weighted by Crippen LogP contribution is -2.37. The number of nitrogens with zero attached hydrogens (tertiary/aromatic N) is 4. The summed E-state index contributed by atoms with van der Waals surface area (Å²) in [5.74, 6) is 4.83. The van der Waals surface area contributed by atoms with Crippen LogP contribution in [0.2, 0.25) is 0 Å². The summed E-state index contributed by atoms with van der Waals surface area (Å²) in [7, 11) is 3.17. The Bertz CT molecular complexity index is 491. The molecule has 104 valence electrons. The molecule has 10 nitrogen and oxygen atoms in total. The molecule has 10 heteroatoms. The number of hydrogen-bond acceptors (Lipinski definition) is 8. The SMILES string of the molecule is CC(Nc1nc(NN)ncc1[N+](=O)[O-])C(=O)N(C)C. The number of anilines is 2. The van der Waals surface area contributed by atoms with Gasteiger partial charge < -0.3 is 10.2 Å². The van der Waals surface area contributed by atoms with Crippen molar-refractivity contribution in [1.29, 1.82) is 0 Å². The highest BCUT2D eigenvalue weighted by Gasteiger charge is 2.22. The third-order valence-electron chi connectivity index (χ3n) is 2.26. The van der Waals surface area contributed by atoms with Crippen LogP contribution in [0, 0.1) is 10.1 Å². The van der Waals surface area contributed by atoms with Gasteiger partial charge in [0, 0.05) is 14.1 Å². The first-order valence-electron chi connectivity index (χ1n) is 5.32. The van der Waals surface area contributed by atoms with Crippen molar-refractivity contribution in [2.24, 2.45) is 5.84 Å². The van der Waals surface area contributed by atoms with Crippen molar-refractivity contribution in [2.45, 2.75) is 13.0 Å². The molecule has 1 unspecified atom stereocenters. The summed E-state index contributed by atoms with van der Waals surface area (Å²) < 4.78 is 0. The molecular formula is C9H15N7O3. The smallest absolute Gasteiger partial charge is 0.329 e. The van der Waals surface area contributed by atoms with Crippen LogP contribution in [0.3, 0.4) is 0 Å². The van der Waals surface area contributed by atoms with Gasteiger partial charge >= 0.3 is 5.69 Å². The number of likely N-dealkylation sites (N-methyl/N-ethyl adjacent to an activating group) is 1. The van der Waals surface area contributed by atoms with Crippen molar-refractivity contribution in [3.63, 3.8) is 0 Å². The van der Waals surface area contributed by atoms with Gasteiger partial charge in [0.25, 0.3) is 0 Å². The topological polar surface area (TPSA) is 139 Å². The minimum Gasteiger partial charge on any atom is -0.353 e. The normalized spacial score (nSPS) is 11.6. The van der Waals surface area contributed by atoms with E-state index in [1.165, 1.54) is 4.90 Å². The average molecular weight is 269 g/mol. The van der Waals surface area contributed by atoms with Crippen LogP contribution < -0.4 is 16.6 Å². The first-order valence-corrected chi connectivity index (χ1v) is 5.32. The van der Waals surface area contributed by atoms with Crippen LogP contribution in [0.1, 0.15) is 6.92 Å². The number of carbonyl (C=O) groups excluding carboxylic acids is 1. The maximum Gasteiger partial charge on any atom is 0.329 e. The van der Waals surface area contributed by atoms with E-state index in [1.807, 2.05) is 0 Å². The molecule has 0 fully saturated rings.